The maximum Gasteiger partial charge on any atom is 0.236 e. The molecule has 1 amide bonds. The first-order chi connectivity index (χ1) is 6.24. The number of rotatable bonds is 4. The summed E-state index contributed by atoms with van der Waals surface area (Å²) in [7, 11) is 1.63. The number of aromatic nitrogens is 1. The normalized spacial score (nSPS) is 12.5. The summed E-state index contributed by atoms with van der Waals surface area (Å²) < 4.78 is 0. The summed E-state index contributed by atoms with van der Waals surface area (Å²) in [5.74, 6) is -0.00442. The largest absolute Gasteiger partial charge is 0.358 e. The van der Waals surface area contributed by atoms with Crippen LogP contribution in [0.4, 0.5) is 0 Å². The first-order valence-corrected chi connectivity index (χ1v) is 5.00. The van der Waals surface area contributed by atoms with Crippen LogP contribution in [-0.4, -0.2) is 24.0 Å². The van der Waals surface area contributed by atoms with Crippen molar-refractivity contribution in [3.05, 3.63) is 16.6 Å². The van der Waals surface area contributed by atoms with Crippen molar-refractivity contribution in [1.82, 2.24) is 15.6 Å². The van der Waals surface area contributed by atoms with Gasteiger partial charge in [-0.25, -0.2) is 4.98 Å². The van der Waals surface area contributed by atoms with Gasteiger partial charge >= 0.3 is 0 Å². The minimum Gasteiger partial charge on any atom is -0.358 e. The minimum atomic E-state index is -0.174. The molecule has 1 rings (SSSR count). The third kappa shape index (κ3) is 3.12. The van der Waals surface area contributed by atoms with Gasteiger partial charge in [0.15, 0.2) is 0 Å². The van der Waals surface area contributed by atoms with Gasteiger partial charge < -0.3 is 10.6 Å². The molecule has 0 aliphatic carbocycles. The highest BCUT2D eigenvalue weighted by molar-refractivity contribution is 7.07. The van der Waals surface area contributed by atoms with Crippen LogP contribution in [0.25, 0.3) is 0 Å². The van der Waals surface area contributed by atoms with Crippen LogP contribution in [0, 0.1) is 0 Å². The second kappa shape index (κ2) is 4.94. The van der Waals surface area contributed by atoms with Crippen LogP contribution < -0.4 is 10.6 Å². The lowest BCUT2D eigenvalue weighted by atomic mass is 10.3. The standard InChI is InChI=1S/C8H13N3OS/c1-6(8(12)9-2)10-3-7-4-13-5-11-7/h4-6,10H,3H2,1-2H3,(H,9,12). The van der Waals surface area contributed by atoms with E-state index in [1.165, 1.54) is 0 Å². The maximum atomic E-state index is 11.1. The van der Waals surface area contributed by atoms with Gasteiger partial charge in [0.1, 0.15) is 0 Å². The lowest BCUT2D eigenvalue weighted by Gasteiger charge is -2.10. The second-order valence-corrected chi connectivity index (χ2v) is 3.42. The first kappa shape index (κ1) is 10.1. The second-order valence-electron chi connectivity index (χ2n) is 2.70. The number of hydrogen-bond acceptors (Lipinski definition) is 4. The lowest BCUT2D eigenvalue weighted by Crippen LogP contribution is -2.40. The number of carbonyl (C=O) groups excluding carboxylic acids is 1. The first-order valence-electron chi connectivity index (χ1n) is 4.06. The summed E-state index contributed by atoms with van der Waals surface area (Å²) in [4.78, 5) is 15.2. The molecule has 1 aromatic rings. The number of nitrogens with zero attached hydrogens (tertiary/aromatic N) is 1. The zero-order valence-electron chi connectivity index (χ0n) is 7.70. The Morgan fingerprint density at radius 3 is 3.08 bits per heavy atom. The SMILES string of the molecule is CNC(=O)C(C)NCc1cscn1. The van der Waals surface area contributed by atoms with Crippen LogP contribution in [0.2, 0.25) is 0 Å². The Labute approximate surface area is 81.4 Å². The molecule has 1 atom stereocenters. The van der Waals surface area contributed by atoms with Crippen molar-refractivity contribution in [3.63, 3.8) is 0 Å². The lowest BCUT2D eigenvalue weighted by molar-refractivity contribution is -0.122. The molecule has 0 spiro atoms. The average molecular weight is 199 g/mol. The molecule has 0 fully saturated rings. The van der Waals surface area contributed by atoms with E-state index in [0.29, 0.717) is 6.54 Å². The predicted octanol–water partition coefficient (Wildman–Crippen LogP) is 0.367. The van der Waals surface area contributed by atoms with E-state index >= 15 is 0 Å². The quantitative estimate of drug-likeness (QED) is 0.736. The van der Waals surface area contributed by atoms with Crippen LogP contribution in [0.1, 0.15) is 12.6 Å². The molecule has 5 heteroatoms. The number of nitrogens with one attached hydrogen (secondary N) is 2. The monoisotopic (exact) mass is 199 g/mol. The number of amides is 1. The van der Waals surface area contributed by atoms with Crippen molar-refractivity contribution < 1.29 is 4.79 Å². The van der Waals surface area contributed by atoms with Gasteiger partial charge in [0.2, 0.25) is 5.91 Å². The molecule has 0 aromatic carbocycles. The highest BCUT2D eigenvalue weighted by atomic mass is 32.1. The summed E-state index contributed by atoms with van der Waals surface area (Å²) in [5, 5.41) is 7.61. The number of thiazole rings is 1. The van der Waals surface area contributed by atoms with E-state index in [-0.39, 0.29) is 11.9 Å². The van der Waals surface area contributed by atoms with Crippen molar-refractivity contribution in [2.24, 2.45) is 0 Å². The van der Waals surface area contributed by atoms with Crippen LogP contribution in [0.3, 0.4) is 0 Å². The summed E-state index contributed by atoms with van der Waals surface area (Å²) in [6, 6.07) is -0.174. The van der Waals surface area contributed by atoms with Gasteiger partial charge in [-0.1, -0.05) is 0 Å². The summed E-state index contributed by atoms with van der Waals surface area (Å²) in [6.45, 7) is 2.46. The third-order valence-corrected chi connectivity index (χ3v) is 2.35. The van der Waals surface area contributed by atoms with Crippen LogP contribution in [0.15, 0.2) is 10.9 Å². The van der Waals surface area contributed by atoms with Crippen LogP contribution in [-0.2, 0) is 11.3 Å². The predicted molar refractivity (Wildman–Crippen MR) is 52.5 cm³/mol. The van der Waals surface area contributed by atoms with Crippen molar-refractivity contribution >= 4 is 17.2 Å². The molecule has 1 unspecified atom stereocenters. The molecular formula is C8H13N3OS. The fourth-order valence-corrected chi connectivity index (χ4v) is 1.45. The van der Waals surface area contributed by atoms with Crippen molar-refractivity contribution in [2.75, 3.05) is 7.05 Å². The minimum absolute atomic E-state index is 0.00442. The molecule has 4 nitrogen and oxygen atoms in total. The average Bonchev–Trinajstić information content (AvgIpc) is 2.65. The van der Waals surface area contributed by atoms with E-state index in [0.717, 1.165) is 5.69 Å². The Bertz CT molecular complexity index is 260. The number of hydrogen-bond donors (Lipinski definition) is 2. The van der Waals surface area contributed by atoms with Crippen LogP contribution in [0.5, 0.6) is 0 Å². The molecular weight excluding hydrogens is 186 g/mol. The zero-order chi connectivity index (χ0) is 9.68. The highest BCUT2D eigenvalue weighted by Gasteiger charge is 2.09. The van der Waals surface area contributed by atoms with Crippen LogP contribution >= 0.6 is 11.3 Å². The van der Waals surface area contributed by atoms with E-state index in [1.54, 1.807) is 23.9 Å². The summed E-state index contributed by atoms with van der Waals surface area (Å²) >= 11 is 1.55. The Kier molecular flexibility index (Phi) is 3.85. The van der Waals surface area contributed by atoms with Gasteiger partial charge in [0, 0.05) is 19.0 Å². The molecule has 1 aromatic heterocycles. The summed E-state index contributed by atoms with van der Waals surface area (Å²) in [6.07, 6.45) is 0. The topological polar surface area (TPSA) is 54.0 Å². The number of likely N-dealkylation sites (N-methyl/N-ethyl adjacent to an activating group) is 1. The van der Waals surface area contributed by atoms with E-state index in [2.05, 4.69) is 15.6 Å². The molecule has 0 radical (unpaired) electrons. The molecule has 0 aliphatic heterocycles. The van der Waals surface area contributed by atoms with E-state index < -0.39 is 0 Å². The highest BCUT2D eigenvalue weighted by Crippen LogP contribution is 2.00. The molecule has 0 aliphatic rings. The Morgan fingerprint density at radius 2 is 2.54 bits per heavy atom. The fraction of sp³-hybridized carbons (Fsp3) is 0.500. The zero-order valence-corrected chi connectivity index (χ0v) is 8.52. The van der Waals surface area contributed by atoms with Crippen molar-refractivity contribution in [2.45, 2.75) is 19.5 Å². The molecule has 72 valence electrons. The molecule has 13 heavy (non-hydrogen) atoms. The molecule has 0 saturated heterocycles. The van der Waals surface area contributed by atoms with Crippen molar-refractivity contribution in [3.8, 4) is 0 Å². The third-order valence-electron chi connectivity index (χ3n) is 1.71. The Hall–Kier alpha value is -0.940. The van der Waals surface area contributed by atoms with Gasteiger partial charge in [0.05, 0.1) is 17.2 Å². The van der Waals surface area contributed by atoms with Crippen molar-refractivity contribution in [1.29, 1.82) is 0 Å². The van der Waals surface area contributed by atoms with Gasteiger partial charge in [-0.15, -0.1) is 11.3 Å². The molecule has 1 heterocycles. The number of carbonyl (C=O) groups is 1. The van der Waals surface area contributed by atoms with Gasteiger partial charge in [-0.2, -0.15) is 0 Å². The molecule has 0 bridgehead atoms. The van der Waals surface area contributed by atoms with Gasteiger partial charge in [0.25, 0.3) is 0 Å². The fourth-order valence-electron chi connectivity index (χ4n) is 0.892. The molecule has 2 N–H and O–H groups in total. The maximum absolute atomic E-state index is 11.1. The van der Waals surface area contributed by atoms with Gasteiger partial charge in [-0.3, -0.25) is 4.79 Å². The van der Waals surface area contributed by atoms with E-state index in [9.17, 15) is 4.79 Å². The molecule has 0 saturated carbocycles. The van der Waals surface area contributed by atoms with E-state index in [1.807, 2.05) is 12.3 Å². The Morgan fingerprint density at radius 1 is 1.77 bits per heavy atom. The van der Waals surface area contributed by atoms with E-state index in [4.69, 9.17) is 0 Å². The van der Waals surface area contributed by atoms with Gasteiger partial charge in [-0.05, 0) is 6.92 Å². The Balaban J connectivity index is 2.30. The smallest absolute Gasteiger partial charge is 0.236 e. The summed E-state index contributed by atoms with van der Waals surface area (Å²) in [5.41, 5.74) is 2.75.